The summed E-state index contributed by atoms with van der Waals surface area (Å²) in [5, 5.41) is 2.59. The quantitative estimate of drug-likeness (QED) is 0.668. The maximum absolute atomic E-state index is 12.8. The van der Waals surface area contributed by atoms with Crippen LogP contribution in [0.5, 0.6) is 5.75 Å². The Hall–Kier alpha value is -2.73. The van der Waals surface area contributed by atoms with Gasteiger partial charge >= 0.3 is 0 Å². The van der Waals surface area contributed by atoms with Gasteiger partial charge in [-0.25, -0.2) is 9.37 Å². The zero-order valence-electron chi connectivity index (χ0n) is 13.7. The Labute approximate surface area is 149 Å². The molecule has 0 fully saturated rings. The zero-order chi connectivity index (χ0) is 17.6. The van der Waals surface area contributed by atoms with Crippen molar-refractivity contribution in [1.29, 1.82) is 0 Å². The van der Waals surface area contributed by atoms with E-state index in [0.717, 1.165) is 10.6 Å². The monoisotopic (exact) mass is 356 g/mol. The fourth-order valence-corrected chi connectivity index (χ4v) is 3.01. The highest BCUT2D eigenvalue weighted by Crippen LogP contribution is 2.23. The van der Waals surface area contributed by atoms with E-state index in [1.807, 2.05) is 30.3 Å². The Kier molecular flexibility index (Phi) is 5.40. The lowest BCUT2D eigenvalue weighted by atomic mass is 10.2. The average molecular weight is 356 g/mol. The fourth-order valence-electron chi connectivity index (χ4n) is 2.21. The number of benzene rings is 2. The van der Waals surface area contributed by atoms with Gasteiger partial charge in [0.25, 0.3) is 5.91 Å². The summed E-state index contributed by atoms with van der Waals surface area (Å²) in [5.41, 5.74) is 1.42. The molecule has 25 heavy (non-hydrogen) atoms. The molecule has 1 amide bonds. The van der Waals surface area contributed by atoms with Crippen LogP contribution in [0.4, 0.5) is 4.39 Å². The highest BCUT2D eigenvalue weighted by atomic mass is 32.1. The Morgan fingerprint density at radius 2 is 1.88 bits per heavy atom. The van der Waals surface area contributed by atoms with Crippen LogP contribution in [0, 0.1) is 5.82 Å². The van der Waals surface area contributed by atoms with Crippen LogP contribution >= 0.6 is 11.3 Å². The summed E-state index contributed by atoms with van der Waals surface area (Å²) in [6, 6.07) is 15.6. The molecule has 0 bridgehead atoms. The first kappa shape index (κ1) is 17.1. The Morgan fingerprint density at radius 3 is 2.60 bits per heavy atom. The van der Waals surface area contributed by atoms with Crippen molar-refractivity contribution in [2.24, 2.45) is 0 Å². The van der Waals surface area contributed by atoms with Gasteiger partial charge in [0.15, 0.2) is 0 Å². The van der Waals surface area contributed by atoms with E-state index in [1.54, 1.807) is 29.5 Å². The van der Waals surface area contributed by atoms with Crippen LogP contribution in [0.25, 0.3) is 10.6 Å². The molecule has 4 nitrogen and oxygen atoms in total. The van der Waals surface area contributed by atoms with E-state index in [0.29, 0.717) is 24.6 Å². The number of amides is 1. The first-order chi connectivity index (χ1) is 12.1. The molecular weight excluding hydrogens is 339 g/mol. The summed E-state index contributed by atoms with van der Waals surface area (Å²) < 4.78 is 18.4. The van der Waals surface area contributed by atoms with Gasteiger partial charge in [-0.15, -0.1) is 11.3 Å². The van der Waals surface area contributed by atoms with Gasteiger partial charge in [-0.05, 0) is 24.3 Å². The van der Waals surface area contributed by atoms with Crippen molar-refractivity contribution >= 4 is 17.2 Å². The van der Waals surface area contributed by atoms with Gasteiger partial charge < -0.3 is 9.64 Å². The second-order valence-electron chi connectivity index (χ2n) is 5.43. The van der Waals surface area contributed by atoms with Crippen LogP contribution in [0.2, 0.25) is 0 Å². The number of likely N-dealkylation sites (N-methyl/N-ethyl adjacent to an activating group) is 1. The standard InChI is InChI=1S/C19H17FN2O2S/c1-22(11-12-24-16-9-7-15(20)8-10-16)19(23)17-13-25-18(21-17)14-5-3-2-4-6-14/h2-10,13H,11-12H2,1H3. The van der Waals surface area contributed by atoms with Crippen LogP contribution in [-0.4, -0.2) is 36.0 Å². The highest BCUT2D eigenvalue weighted by molar-refractivity contribution is 7.13. The van der Waals surface area contributed by atoms with Gasteiger partial charge in [-0.2, -0.15) is 0 Å². The molecule has 0 aliphatic heterocycles. The van der Waals surface area contributed by atoms with E-state index in [4.69, 9.17) is 4.74 Å². The van der Waals surface area contributed by atoms with Gasteiger partial charge in [0.1, 0.15) is 28.9 Å². The first-order valence-corrected chi connectivity index (χ1v) is 8.66. The van der Waals surface area contributed by atoms with E-state index < -0.39 is 0 Å². The summed E-state index contributed by atoms with van der Waals surface area (Å²) in [7, 11) is 1.71. The molecule has 0 saturated heterocycles. The molecule has 3 rings (SSSR count). The van der Waals surface area contributed by atoms with Crippen molar-refractivity contribution in [2.45, 2.75) is 0 Å². The minimum Gasteiger partial charge on any atom is -0.492 e. The minimum atomic E-state index is -0.308. The molecule has 128 valence electrons. The fraction of sp³-hybridized carbons (Fsp3) is 0.158. The van der Waals surface area contributed by atoms with Crippen LogP contribution in [0.15, 0.2) is 60.0 Å². The number of hydrogen-bond donors (Lipinski definition) is 0. The second-order valence-corrected chi connectivity index (χ2v) is 6.29. The number of halogens is 1. The Bertz CT molecular complexity index is 834. The normalized spacial score (nSPS) is 10.5. The number of aromatic nitrogens is 1. The molecule has 0 N–H and O–H groups in total. The molecule has 0 spiro atoms. The largest absolute Gasteiger partial charge is 0.492 e. The number of carbonyl (C=O) groups excluding carboxylic acids is 1. The van der Waals surface area contributed by atoms with Gasteiger partial charge in [0, 0.05) is 18.0 Å². The van der Waals surface area contributed by atoms with Crippen LogP contribution in [0.3, 0.4) is 0 Å². The predicted molar refractivity (Wildman–Crippen MR) is 96.4 cm³/mol. The highest BCUT2D eigenvalue weighted by Gasteiger charge is 2.16. The number of hydrogen-bond acceptors (Lipinski definition) is 4. The molecule has 0 aliphatic rings. The van der Waals surface area contributed by atoms with Gasteiger partial charge in [-0.3, -0.25) is 4.79 Å². The number of rotatable bonds is 6. The van der Waals surface area contributed by atoms with Gasteiger partial charge in [0.2, 0.25) is 0 Å². The van der Waals surface area contributed by atoms with Crippen LogP contribution in [0.1, 0.15) is 10.5 Å². The summed E-state index contributed by atoms with van der Waals surface area (Å²) in [6.07, 6.45) is 0. The molecule has 1 aromatic heterocycles. The SMILES string of the molecule is CN(CCOc1ccc(F)cc1)C(=O)c1csc(-c2ccccc2)n1. The van der Waals surface area contributed by atoms with Crippen molar-refractivity contribution in [3.05, 3.63) is 71.5 Å². The predicted octanol–water partition coefficient (Wildman–Crippen LogP) is 4.10. The first-order valence-electron chi connectivity index (χ1n) is 7.78. The smallest absolute Gasteiger partial charge is 0.273 e. The topological polar surface area (TPSA) is 42.4 Å². The molecule has 0 aliphatic carbocycles. The van der Waals surface area contributed by atoms with Crippen molar-refractivity contribution in [3.63, 3.8) is 0 Å². The Morgan fingerprint density at radius 1 is 1.16 bits per heavy atom. The third-order valence-corrected chi connectivity index (χ3v) is 4.49. The zero-order valence-corrected chi connectivity index (χ0v) is 14.5. The number of thiazole rings is 1. The summed E-state index contributed by atoms with van der Waals surface area (Å²) in [5.74, 6) is 0.112. The van der Waals surface area contributed by atoms with E-state index in [9.17, 15) is 9.18 Å². The van der Waals surface area contributed by atoms with Crippen molar-refractivity contribution in [1.82, 2.24) is 9.88 Å². The number of ether oxygens (including phenoxy) is 1. The van der Waals surface area contributed by atoms with E-state index in [-0.39, 0.29) is 11.7 Å². The average Bonchev–Trinajstić information content (AvgIpc) is 3.13. The summed E-state index contributed by atoms with van der Waals surface area (Å²) in [6.45, 7) is 0.734. The molecule has 3 aromatic rings. The maximum Gasteiger partial charge on any atom is 0.273 e. The van der Waals surface area contributed by atoms with Gasteiger partial charge in [0.05, 0.1) is 6.54 Å². The van der Waals surface area contributed by atoms with Crippen molar-refractivity contribution < 1.29 is 13.9 Å². The molecule has 0 saturated carbocycles. The lowest BCUT2D eigenvalue weighted by Crippen LogP contribution is -2.31. The third-order valence-electron chi connectivity index (χ3n) is 3.60. The molecule has 6 heteroatoms. The molecule has 1 heterocycles. The Balaban J connectivity index is 1.55. The maximum atomic E-state index is 12.8. The molecule has 0 unspecified atom stereocenters. The lowest BCUT2D eigenvalue weighted by Gasteiger charge is -2.16. The van der Waals surface area contributed by atoms with Crippen molar-refractivity contribution in [2.75, 3.05) is 20.2 Å². The molecule has 2 aromatic carbocycles. The number of nitrogens with zero attached hydrogens (tertiary/aromatic N) is 2. The van der Waals surface area contributed by atoms with Crippen LogP contribution < -0.4 is 4.74 Å². The third kappa shape index (κ3) is 4.42. The molecule has 0 atom stereocenters. The molecular formula is C19H17FN2O2S. The van der Waals surface area contributed by atoms with E-state index >= 15 is 0 Å². The lowest BCUT2D eigenvalue weighted by molar-refractivity contribution is 0.0769. The van der Waals surface area contributed by atoms with E-state index in [1.165, 1.54) is 23.5 Å². The summed E-state index contributed by atoms with van der Waals surface area (Å²) >= 11 is 1.45. The number of carbonyl (C=O) groups is 1. The molecule has 0 radical (unpaired) electrons. The second kappa shape index (κ2) is 7.90. The van der Waals surface area contributed by atoms with Gasteiger partial charge in [-0.1, -0.05) is 30.3 Å². The van der Waals surface area contributed by atoms with Crippen LogP contribution in [-0.2, 0) is 0 Å². The van der Waals surface area contributed by atoms with E-state index in [2.05, 4.69) is 4.98 Å². The van der Waals surface area contributed by atoms with Crippen molar-refractivity contribution in [3.8, 4) is 16.3 Å². The summed E-state index contributed by atoms with van der Waals surface area (Å²) in [4.78, 5) is 18.4. The minimum absolute atomic E-state index is 0.152.